The van der Waals surface area contributed by atoms with E-state index in [4.69, 9.17) is 4.74 Å². The molecule has 1 N–H and O–H groups in total. The van der Waals surface area contributed by atoms with Gasteiger partial charge in [0.15, 0.2) is 9.84 Å². The molecule has 6 nitrogen and oxygen atoms in total. The second-order valence-electron chi connectivity index (χ2n) is 6.17. The van der Waals surface area contributed by atoms with E-state index >= 15 is 0 Å². The summed E-state index contributed by atoms with van der Waals surface area (Å²) in [6, 6.07) is 9.28. The summed E-state index contributed by atoms with van der Waals surface area (Å²) in [5.74, 6) is 1.09. The highest BCUT2D eigenvalue weighted by molar-refractivity contribution is 7.91. The van der Waals surface area contributed by atoms with Crippen LogP contribution in [0.5, 0.6) is 5.75 Å². The predicted octanol–water partition coefficient (Wildman–Crippen LogP) is 1.43. The van der Waals surface area contributed by atoms with E-state index in [0.717, 1.165) is 18.6 Å². The fourth-order valence-corrected chi connectivity index (χ4v) is 4.72. The SMILES string of the molecule is O=C(N[C@H]1CCS(=O)(=O)C1)N1CCC(Oc2ccccc2)CC1. The van der Waals surface area contributed by atoms with Gasteiger partial charge in [0.1, 0.15) is 11.9 Å². The maximum absolute atomic E-state index is 12.2. The Hall–Kier alpha value is -1.76. The highest BCUT2D eigenvalue weighted by Gasteiger charge is 2.31. The lowest BCUT2D eigenvalue weighted by atomic mass is 10.1. The summed E-state index contributed by atoms with van der Waals surface area (Å²) in [5.41, 5.74) is 0. The Morgan fingerprint density at radius 3 is 2.43 bits per heavy atom. The van der Waals surface area contributed by atoms with Crippen LogP contribution in [-0.2, 0) is 9.84 Å². The monoisotopic (exact) mass is 338 g/mol. The van der Waals surface area contributed by atoms with Crippen molar-refractivity contribution in [2.75, 3.05) is 24.6 Å². The van der Waals surface area contributed by atoms with Gasteiger partial charge in [-0.3, -0.25) is 0 Å². The van der Waals surface area contributed by atoms with E-state index in [9.17, 15) is 13.2 Å². The molecule has 2 fully saturated rings. The lowest BCUT2D eigenvalue weighted by molar-refractivity contribution is 0.110. The molecule has 2 saturated heterocycles. The van der Waals surface area contributed by atoms with E-state index in [1.54, 1.807) is 4.90 Å². The van der Waals surface area contributed by atoms with E-state index in [1.807, 2.05) is 30.3 Å². The van der Waals surface area contributed by atoms with Crippen molar-refractivity contribution in [3.63, 3.8) is 0 Å². The molecule has 0 saturated carbocycles. The minimum absolute atomic E-state index is 0.0618. The maximum atomic E-state index is 12.2. The van der Waals surface area contributed by atoms with Gasteiger partial charge in [0.2, 0.25) is 0 Å². The van der Waals surface area contributed by atoms with Gasteiger partial charge in [0, 0.05) is 32.0 Å². The number of ether oxygens (including phenoxy) is 1. The summed E-state index contributed by atoms with van der Waals surface area (Å²) >= 11 is 0. The van der Waals surface area contributed by atoms with Gasteiger partial charge in [-0.05, 0) is 18.6 Å². The third kappa shape index (κ3) is 4.37. The molecule has 1 aromatic rings. The van der Waals surface area contributed by atoms with Crippen molar-refractivity contribution in [2.24, 2.45) is 0 Å². The molecular weight excluding hydrogens is 316 g/mol. The Kier molecular flexibility index (Phi) is 4.75. The molecule has 0 bridgehead atoms. The summed E-state index contributed by atoms with van der Waals surface area (Å²) in [7, 11) is -2.97. The van der Waals surface area contributed by atoms with Crippen LogP contribution in [-0.4, -0.2) is 56.1 Å². The molecule has 2 amide bonds. The summed E-state index contributed by atoms with van der Waals surface area (Å²) in [6.45, 7) is 1.26. The average molecular weight is 338 g/mol. The van der Waals surface area contributed by atoms with Crippen molar-refractivity contribution in [1.29, 1.82) is 0 Å². The Morgan fingerprint density at radius 1 is 1.13 bits per heavy atom. The number of hydrogen-bond donors (Lipinski definition) is 1. The first-order valence-corrected chi connectivity index (χ1v) is 9.81. The molecule has 23 heavy (non-hydrogen) atoms. The zero-order valence-electron chi connectivity index (χ0n) is 13.0. The first-order valence-electron chi connectivity index (χ1n) is 7.99. The van der Waals surface area contributed by atoms with Crippen LogP contribution in [0.3, 0.4) is 0 Å². The van der Waals surface area contributed by atoms with Crippen LogP contribution >= 0.6 is 0 Å². The topological polar surface area (TPSA) is 75.7 Å². The number of urea groups is 1. The maximum Gasteiger partial charge on any atom is 0.317 e. The van der Waals surface area contributed by atoms with Crippen LogP contribution in [0.1, 0.15) is 19.3 Å². The van der Waals surface area contributed by atoms with Crippen molar-refractivity contribution in [3.8, 4) is 5.75 Å². The average Bonchev–Trinajstić information content (AvgIpc) is 2.88. The number of carbonyl (C=O) groups excluding carboxylic acids is 1. The van der Waals surface area contributed by atoms with E-state index in [1.165, 1.54) is 0 Å². The smallest absolute Gasteiger partial charge is 0.317 e. The van der Waals surface area contributed by atoms with Gasteiger partial charge in [0.25, 0.3) is 0 Å². The number of amides is 2. The van der Waals surface area contributed by atoms with Gasteiger partial charge in [0.05, 0.1) is 11.5 Å². The molecule has 7 heteroatoms. The summed E-state index contributed by atoms with van der Waals surface area (Å²) in [5, 5.41) is 2.84. The number of sulfone groups is 1. The second-order valence-corrected chi connectivity index (χ2v) is 8.40. The third-order valence-electron chi connectivity index (χ3n) is 4.34. The van der Waals surface area contributed by atoms with Crippen molar-refractivity contribution in [1.82, 2.24) is 10.2 Å². The summed E-state index contributed by atoms with van der Waals surface area (Å²) in [6.07, 6.45) is 2.20. The number of piperidine rings is 1. The van der Waals surface area contributed by atoms with Crippen LogP contribution in [0.15, 0.2) is 30.3 Å². The second kappa shape index (κ2) is 6.78. The van der Waals surface area contributed by atoms with E-state index in [2.05, 4.69) is 5.32 Å². The molecule has 0 unspecified atom stereocenters. The fraction of sp³-hybridized carbons (Fsp3) is 0.562. The number of benzene rings is 1. The molecule has 1 aromatic carbocycles. The number of carbonyl (C=O) groups is 1. The highest BCUT2D eigenvalue weighted by Crippen LogP contribution is 2.19. The highest BCUT2D eigenvalue weighted by atomic mass is 32.2. The molecule has 126 valence electrons. The van der Waals surface area contributed by atoms with Gasteiger partial charge in [-0.15, -0.1) is 0 Å². The van der Waals surface area contributed by atoms with Crippen LogP contribution in [0, 0.1) is 0 Å². The number of nitrogens with one attached hydrogen (secondary N) is 1. The van der Waals surface area contributed by atoms with E-state index in [-0.39, 0.29) is 29.7 Å². The number of likely N-dealkylation sites (tertiary alicyclic amines) is 1. The zero-order valence-corrected chi connectivity index (χ0v) is 13.8. The van der Waals surface area contributed by atoms with Crippen LogP contribution < -0.4 is 10.1 Å². The molecule has 0 radical (unpaired) electrons. The van der Waals surface area contributed by atoms with Crippen LogP contribution in [0.2, 0.25) is 0 Å². The van der Waals surface area contributed by atoms with Crippen LogP contribution in [0.4, 0.5) is 4.79 Å². The molecule has 2 aliphatic heterocycles. The Balaban J connectivity index is 1.44. The predicted molar refractivity (Wildman–Crippen MR) is 87.3 cm³/mol. The van der Waals surface area contributed by atoms with E-state index < -0.39 is 9.84 Å². The third-order valence-corrected chi connectivity index (χ3v) is 6.10. The quantitative estimate of drug-likeness (QED) is 0.904. The standard InChI is InChI=1S/C16H22N2O4S/c19-16(17-13-8-11-23(20,21)12-13)18-9-6-15(7-10-18)22-14-4-2-1-3-5-14/h1-5,13,15H,6-12H2,(H,17,19)/t13-/m0/s1. The molecule has 0 aromatic heterocycles. The number of rotatable bonds is 3. The Morgan fingerprint density at radius 2 is 1.83 bits per heavy atom. The van der Waals surface area contributed by atoms with Crippen molar-refractivity contribution in [2.45, 2.75) is 31.4 Å². The van der Waals surface area contributed by atoms with Gasteiger partial charge in [-0.2, -0.15) is 0 Å². The number of para-hydroxylation sites is 1. The molecular formula is C16H22N2O4S. The minimum atomic E-state index is -2.97. The van der Waals surface area contributed by atoms with Crippen molar-refractivity contribution < 1.29 is 17.9 Å². The molecule has 1 atom stereocenters. The number of nitrogens with zero attached hydrogens (tertiary/aromatic N) is 1. The Bertz CT molecular complexity index is 639. The first kappa shape index (κ1) is 16.1. The minimum Gasteiger partial charge on any atom is -0.490 e. The van der Waals surface area contributed by atoms with Crippen molar-refractivity contribution >= 4 is 15.9 Å². The lowest BCUT2D eigenvalue weighted by Gasteiger charge is -2.32. The normalized spacial score (nSPS) is 24.3. The Labute approximate surface area is 136 Å². The lowest BCUT2D eigenvalue weighted by Crippen LogP contribution is -2.49. The molecule has 0 aliphatic carbocycles. The summed E-state index contributed by atoms with van der Waals surface area (Å²) in [4.78, 5) is 14.0. The first-order chi connectivity index (χ1) is 11.0. The zero-order chi connectivity index (χ0) is 16.3. The largest absolute Gasteiger partial charge is 0.490 e. The van der Waals surface area contributed by atoms with Gasteiger partial charge < -0.3 is 15.0 Å². The van der Waals surface area contributed by atoms with Crippen LogP contribution in [0.25, 0.3) is 0 Å². The summed E-state index contributed by atoms with van der Waals surface area (Å²) < 4.78 is 28.8. The van der Waals surface area contributed by atoms with Crippen molar-refractivity contribution in [3.05, 3.63) is 30.3 Å². The molecule has 2 aliphatic rings. The molecule has 0 spiro atoms. The van der Waals surface area contributed by atoms with E-state index in [0.29, 0.717) is 19.5 Å². The fourth-order valence-electron chi connectivity index (χ4n) is 3.04. The van der Waals surface area contributed by atoms with Gasteiger partial charge in [-0.25, -0.2) is 13.2 Å². The number of hydrogen-bond acceptors (Lipinski definition) is 4. The molecule has 3 rings (SSSR count). The molecule has 2 heterocycles. The van der Waals surface area contributed by atoms with Gasteiger partial charge >= 0.3 is 6.03 Å². The van der Waals surface area contributed by atoms with Gasteiger partial charge in [-0.1, -0.05) is 18.2 Å².